The first kappa shape index (κ1) is 11.7. The molecule has 0 saturated heterocycles. The third-order valence-electron chi connectivity index (χ3n) is 1.71. The number of hydrogen-bond acceptors (Lipinski definition) is 5. The molecule has 0 saturated carbocycles. The van der Waals surface area contributed by atoms with Crippen LogP contribution in [0, 0.1) is 11.3 Å². The highest BCUT2D eigenvalue weighted by atomic mass is 32.1. The standard InChI is InChI=1S/C10H12N2O2S/c1-2-14-10(13)7-12-8(6-11)9-4-3-5-15-9/h3-5,8,12H,2,7H2,1H3. The van der Waals surface area contributed by atoms with Crippen LogP contribution in [0.5, 0.6) is 0 Å². The molecule has 1 aromatic heterocycles. The number of thiophene rings is 1. The van der Waals surface area contributed by atoms with E-state index in [1.807, 2.05) is 17.5 Å². The largest absolute Gasteiger partial charge is 0.465 e. The number of rotatable bonds is 5. The molecule has 0 radical (unpaired) electrons. The number of nitrogens with zero attached hydrogens (tertiary/aromatic N) is 1. The smallest absolute Gasteiger partial charge is 0.319 e. The Balaban J connectivity index is 2.43. The van der Waals surface area contributed by atoms with Gasteiger partial charge in [-0.2, -0.15) is 5.26 Å². The van der Waals surface area contributed by atoms with E-state index >= 15 is 0 Å². The first-order chi connectivity index (χ1) is 7.27. The molecule has 0 aliphatic rings. The average molecular weight is 224 g/mol. The Labute approximate surface area is 92.5 Å². The van der Waals surface area contributed by atoms with Crippen LogP contribution in [-0.4, -0.2) is 19.1 Å². The van der Waals surface area contributed by atoms with Gasteiger partial charge in [0.15, 0.2) is 0 Å². The van der Waals surface area contributed by atoms with E-state index in [4.69, 9.17) is 10.00 Å². The Morgan fingerprint density at radius 3 is 3.13 bits per heavy atom. The van der Waals surface area contributed by atoms with Crippen LogP contribution in [0.15, 0.2) is 17.5 Å². The molecule has 1 aromatic rings. The van der Waals surface area contributed by atoms with Crippen LogP contribution in [0.4, 0.5) is 0 Å². The number of carbonyl (C=O) groups excluding carboxylic acids is 1. The van der Waals surface area contributed by atoms with Crippen LogP contribution >= 0.6 is 11.3 Å². The quantitative estimate of drug-likeness (QED) is 0.769. The summed E-state index contributed by atoms with van der Waals surface area (Å²) in [6, 6.07) is 5.39. The lowest BCUT2D eigenvalue weighted by molar-refractivity contribution is -0.142. The lowest BCUT2D eigenvalue weighted by atomic mass is 10.2. The minimum atomic E-state index is -0.436. The van der Waals surface area contributed by atoms with Gasteiger partial charge in [0.1, 0.15) is 6.04 Å². The Morgan fingerprint density at radius 1 is 1.80 bits per heavy atom. The van der Waals surface area contributed by atoms with Crippen molar-refractivity contribution in [2.75, 3.05) is 13.2 Å². The monoisotopic (exact) mass is 224 g/mol. The molecule has 1 unspecified atom stereocenters. The number of ether oxygens (including phenoxy) is 1. The molecule has 0 fully saturated rings. The van der Waals surface area contributed by atoms with Crippen molar-refractivity contribution < 1.29 is 9.53 Å². The summed E-state index contributed by atoms with van der Waals surface area (Å²) in [4.78, 5) is 11.9. The van der Waals surface area contributed by atoms with Crippen LogP contribution in [0.1, 0.15) is 17.8 Å². The van der Waals surface area contributed by atoms with Crippen molar-refractivity contribution in [2.45, 2.75) is 13.0 Å². The normalized spacial score (nSPS) is 11.7. The third kappa shape index (κ3) is 3.70. The first-order valence-electron chi connectivity index (χ1n) is 4.60. The third-order valence-corrected chi connectivity index (χ3v) is 2.65. The fraction of sp³-hybridized carbons (Fsp3) is 0.400. The van der Waals surface area contributed by atoms with E-state index in [1.165, 1.54) is 11.3 Å². The molecular formula is C10H12N2O2S. The lowest BCUT2D eigenvalue weighted by Crippen LogP contribution is -2.27. The molecule has 15 heavy (non-hydrogen) atoms. The van der Waals surface area contributed by atoms with E-state index in [9.17, 15) is 4.79 Å². The number of carbonyl (C=O) groups is 1. The van der Waals surface area contributed by atoms with Crippen LogP contribution in [0.25, 0.3) is 0 Å². The maximum Gasteiger partial charge on any atom is 0.319 e. The Kier molecular flexibility index (Phi) is 4.81. The van der Waals surface area contributed by atoms with Gasteiger partial charge in [-0.3, -0.25) is 10.1 Å². The number of nitrogens with one attached hydrogen (secondary N) is 1. The van der Waals surface area contributed by atoms with E-state index in [-0.39, 0.29) is 12.5 Å². The van der Waals surface area contributed by atoms with E-state index < -0.39 is 6.04 Å². The fourth-order valence-corrected chi connectivity index (χ4v) is 1.81. The highest BCUT2D eigenvalue weighted by molar-refractivity contribution is 7.10. The molecule has 1 heterocycles. The van der Waals surface area contributed by atoms with E-state index in [1.54, 1.807) is 6.92 Å². The summed E-state index contributed by atoms with van der Waals surface area (Å²) in [6.45, 7) is 2.17. The zero-order valence-electron chi connectivity index (χ0n) is 8.40. The summed E-state index contributed by atoms with van der Waals surface area (Å²) in [5, 5.41) is 13.6. The zero-order valence-corrected chi connectivity index (χ0v) is 9.21. The van der Waals surface area contributed by atoms with Gasteiger partial charge in [0.25, 0.3) is 0 Å². The van der Waals surface area contributed by atoms with Gasteiger partial charge in [0, 0.05) is 4.88 Å². The van der Waals surface area contributed by atoms with Crippen molar-refractivity contribution in [1.29, 1.82) is 5.26 Å². The Hall–Kier alpha value is -1.38. The van der Waals surface area contributed by atoms with Gasteiger partial charge in [-0.25, -0.2) is 0 Å². The van der Waals surface area contributed by atoms with Gasteiger partial charge >= 0.3 is 5.97 Å². The molecule has 1 rings (SSSR count). The lowest BCUT2D eigenvalue weighted by Gasteiger charge is -2.08. The summed E-state index contributed by atoms with van der Waals surface area (Å²) in [5.41, 5.74) is 0. The van der Waals surface area contributed by atoms with Crippen molar-refractivity contribution in [2.24, 2.45) is 0 Å². The fourth-order valence-electron chi connectivity index (χ4n) is 1.06. The molecule has 1 atom stereocenters. The van der Waals surface area contributed by atoms with Crippen molar-refractivity contribution in [3.8, 4) is 6.07 Å². The van der Waals surface area contributed by atoms with Crippen LogP contribution in [-0.2, 0) is 9.53 Å². The average Bonchev–Trinajstić information content (AvgIpc) is 2.72. The molecule has 5 heteroatoms. The van der Waals surface area contributed by atoms with E-state index in [0.717, 1.165) is 4.88 Å². The van der Waals surface area contributed by atoms with Gasteiger partial charge in [0.2, 0.25) is 0 Å². The molecule has 0 aliphatic heterocycles. The molecule has 1 N–H and O–H groups in total. The molecule has 0 amide bonds. The minimum absolute atomic E-state index is 0.0595. The van der Waals surface area contributed by atoms with Crippen LogP contribution in [0.3, 0.4) is 0 Å². The summed E-state index contributed by atoms with van der Waals surface area (Å²) in [6.07, 6.45) is 0. The van der Waals surface area contributed by atoms with Gasteiger partial charge < -0.3 is 4.74 Å². The van der Waals surface area contributed by atoms with Crippen molar-refractivity contribution in [1.82, 2.24) is 5.32 Å². The molecular weight excluding hydrogens is 212 g/mol. The highest BCUT2D eigenvalue weighted by Gasteiger charge is 2.12. The second kappa shape index (κ2) is 6.17. The molecule has 0 spiro atoms. The van der Waals surface area contributed by atoms with E-state index in [0.29, 0.717) is 6.61 Å². The maximum absolute atomic E-state index is 11.0. The van der Waals surface area contributed by atoms with Gasteiger partial charge in [-0.05, 0) is 18.4 Å². The Bertz CT molecular complexity index is 343. The molecule has 80 valence electrons. The van der Waals surface area contributed by atoms with Crippen molar-refractivity contribution in [3.63, 3.8) is 0 Å². The van der Waals surface area contributed by atoms with Gasteiger partial charge in [-0.1, -0.05) is 6.07 Å². The topological polar surface area (TPSA) is 62.1 Å². The Morgan fingerprint density at radius 2 is 2.60 bits per heavy atom. The summed E-state index contributed by atoms with van der Waals surface area (Å²) in [7, 11) is 0. The van der Waals surface area contributed by atoms with Gasteiger partial charge in [0.05, 0.1) is 19.2 Å². The molecule has 0 aliphatic carbocycles. The first-order valence-corrected chi connectivity index (χ1v) is 5.48. The number of hydrogen-bond donors (Lipinski definition) is 1. The van der Waals surface area contributed by atoms with Crippen molar-refractivity contribution >= 4 is 17.3 Å². The van der Waals surface area contributed by atoms with Gasteiger partial charge in [-0.15, -0.1) is 11.3 Å². The number of nitriles is 1. The summed E-state index contributed by atoms with van der Waals surface area (Å²) in [5.74, 6) is -0.339. The second-order valence-electron chi connectivity index (χ2n) is 2.76. The summed E-state index contributed by atoms with van der Waals surface area (Å²) >= 11 is 1.48. The predicted octanol–water partition coefficient (Wildman–Crippen LogP) is 1.47. The highest BCUT2D eigenvalue weighted by Crippen LogP contribution is 2.17. The zero-order chi connectivity index (χ0) is 11.1. The van der Waals surface area contributed by atoms with E-state index in [2.05, 4.69) is 11.4 Å². The molecule has 0 bridgehead atoms. The van der Waals surface area contributed by atoms with Crippen LogP contribution in [0.2, 0.25) is 0 Å². The predicted molar refractivity (Wildman–Crippen MR) is 57.3 cm³/mol. The minimum Gasteiger partial charge on any atom is -0.465 e. The molecule has 4 nitrogen and oxygen atoms in total. The second-order valence-corrected chi connectivity index (χ2v) is 3.74. The summed E-state index contributed by atoms with van der Waals surface area (Å²) < 4.78 is 4.75. The van der Waals surface area contributed by atoms with Crippen LogP contribution < -0.4 is 5.32 Å². The molecule has 0 aromatic carbocycles. The van der Waals surface area contributed by atoms with Crippen molar-refractivity contribution in [3.05, 3.63) is 22.4 Å². The maximum atomic E-state index is 11.0. The SMILES string of the molecule is CCOC(=O)CNC(C#N)c1cccs1. The number of esters is 1.